The van der Waals surface area contributed by atoms with Crippen LogP contribution in [0.25, 0.3) is 0 Å². The summed E-state index contributed by atoms with van der Waals surface area (Å²) in [6.45, 7) is 1.95. The first kappa shape index (κ1) is 13.9. The molecule has 1 aromatic rings. The zero-order valence-corrected chi connectivity index (χ0v) is 10.7. The third kappa shape index (κ3) is 3.41. The molecular weight excluding hydrogens is 243 g/mol. The van der Waals surface area contributed by atoms with Crippen LogP contribution in [0.4, 0.5) is 4.39 Å². The average molecular weight is 259 g/mol. The van der Waals surface area contributed by atoms with Gasteiger partial charge in [-0.2, -0.15) is 0 Å². The number of rotatable bonds is 4. The van der Waals surface area contributed by atoms with E-state index in [1.165, 1.54) is 17.0 Å². The van der Waals surface area contributed by atoms with Gasteiger partial charge in [0.2, 0.25) is 5.91 Å². The van der Waals surface area contributed by atoms with Gasteiger partial charge in [0.05, 0.1) is 6.04 Å². The Morgan fingerprint density at radius 3 is 2.76 bits per heavy atom. The molecule has 0 aliphatic heterocycles. The van der Waals surface area contributed by atoms with Crippen molar-refractivity contribution in [2.24, 2.45) is 5.73 Å². The number of hydrogen-bond acceptors (Lipinski definition) is 2. The lowest BCUT2D eigenvalue weighted by Crippen LogP contribution is -2.41. The first-order valence-corrected chi connectivity index (χ1v) is 5.78. The van der Waals surface area contributed by atoms with Crippen LogP contribution in [-0.2, 0) is 11.3 Å². The summed E-state index contributed by atoms with van der Waals surface area (Å²) in [4.78, 5) is 13.1. The summed E-state index contributed by atoms with van der Waals surface area (Å²) in [6, 6.07) is 3.89. The monoisotopic (exact) mass is 258 g/mol. The molecule has 5 heteroatoms. The van der Waals surface area contributed by atoms with E-state index in [-0.39, 0.29) is 12.5 Å². The largest absolute Gasteiger partial charge is 0.340 e. The van der Waals surface area contributed by atoms with Gasteiger partial charge in [-0.3, -0.25) is 4.79 Å². The van der Waals surface area contributed by atoms with Crippen molar-refractivity contribution < 1.29 is 9.18 Å². The number of halogens is 2. The smallest absolute Gasteiger partial charge is 0.239 e. The lowest BCUT2D eigenvalue weighted by Gasteiger charge is -2.21. The average Bonchev–Trinajstić information content (AvgIpc) is 2.31. The van der Waals surface area contributed by atoms with Gasteiger partial charge in [0, 0.05) is 24.2 Å². The molecule has 0 aromatic heterocycles. The van der Waals surface area contributed by atoms with Crippen LogP contribution in [-0.4, -0.2) is 23.9 Å². The lowest BCUT2D eigenvalue weighted by molar-refractivity contribution is -0.131. The van der Waals surface area contributed by atoms with Crippen molar-refractivity contribution in [3.05, 3.63) is 34.6 Å². The van der Waals surface area contributed by atoms with Crippen LogP contribution in [0, 0.1) is 5.82 Å². The molecule has 0 saturated heterocycles. The molecule has 2 N–H and O–H groups in total. The molecule has 0 aliphatic carbocycles. The quantitative estimate of drug-likeness (QED) is 0.900. The van der Waals surface area contributed by atoms with Crippen LogP contribution in [0.1, 0.15) is 18.9 Å². The fourth-order valence-corrected chi connectivity index (χ4v) is 1.68. The maximum Gasteiger partial charge on any atom is 0.239 e. The fraction of sp³-hybridized carbons (Fsp3) is 0.417. The van der Waals surface area contributed by atoms with Gasteiger partial charge >= 0.3 is 0 Å². The molecule has 0 spiro atoms. The molecule has 1 atom stereocenters. The minimum atomic E-state index is -0.550. The molecule has 94 valence electrons. The van der Waals surface area contributed by atoms with E-state index in [1.54, 1.807) is 13.1 Å². The second-order valence-corrected chi connectivity index (χ2v) is 4.32. The SMILES string of the molecule is CC[C@H](N)C(=O)N(C)Cc1c(F)cccc1Cl. The number of carbonyl (C=O) groups is 1. The molecule has 1 aromatic carbocycles. The van der Waals surface area contributed by atoms with Crippen LogP contribution in [0.5, 0.6) is 0 Å². The van der Waals surface area contributed by atoms with E-state index in [0.717, 1.165) is 0 Å². The van der Waals surface area contributed by atoms with Gasteiger partial charge < -0.3 is 10.6 Å². The normalized spacial score (nSPS) is 12.3. The summed E-state index contributed by atoms with van der Waals surface area (Å²) >= 11 is 5.88. The number of nitrogens with two attached hydrogens (primary N) is 1. The third-order valence-corrected chi connectivity index (χ3v) is 2.94. The predicted octanol–water partition coefficient (Wildman–Crippen LogP) is 2.17. The van der Waals surface area contributed by atoms with Crippen LogP contribution < -0.4 is 5.73 Å². The molecule has 0 aliphatic rings. The second kappa shape index (κ2) is 5.98. The molecule has 17 heavy (non-hydrogen) atoms. The van der Waals surface area contributed by atoms with Crippen molar-refractivity contribution in [2.45, 2.75) is 25.9 Å². The molecule has 0 saturated carbocycles. The Balaban J connectivity index is 2.81. The molecular formula is C12H16ClFN2O. The number of hydrogen-bond donors (Lipinski definition) is 1. The summed E-state index contributed by atoms with van der Waals surface area (Å²) < 4.78 is 13.5. The highest BCUT2D eigenvalue weighted by atomic mass is 35.5. The summed E-state index contributed by atoms with van der Waals surface area (Å²) in [5.74, 6) is -0.631. The van der Waals surface area contributed by atoms with Crippen molar-refractivity contribution in [2.75, 3.05) is 7.05 Å². The van der Waals surface area contributed by atoms with Crippen molar-refractivity contribution >= 4 is 17.5 Å². The topological polar surface area (TPSA) is 46.3 Å². The number of amides is 1. The van der Waals surface area contributed by atoms with Gasteiger partial charge in [0.1, 0.15) is 5.82 Å². The predicted molar refractivity (Wildman–Crippen MR) is 66.2 cm³/mol. The van der Waals surface area contributed by atoms with Crippen LogP contribution in [0.2, 0.25) is 5.02 Å². The minimum absolute atomic E-state index is 0.123. The Morgan fingerprint density at radius 2 is 2.24 bits per heavy atom. The van der Waals surface area contributed by atoms with E-state index < -0.39 is 11.9 Å². The summed E-state index contributed by atoms with van der Waals surface area (Å²) in [6.07, 6.45) is 0.550. The van der Waals surface area contributed by atoms with E-state index >= 15 is 0 Å². The van der Waals surface area contributed by atoms with Crippen LogP contribution >= 0.6 is 11.6 Å². The molecule has 0 unspecified atom stereocenters. The lowest BCUT2D eigenvalue weighted by atomic mass is 10.1. The minimum Gasteiger partial charge on any atom is -0.340 e. The standard InChI is InChI=1S/C12H16ClFN2O/c1-3-11(15)12(17)16(2)7-8-9(13)5-4-6-10(8)14/h4-6,11H,3,7,15H2,1-2H3/t11-/m0/s1. The molecule has 1 rings (SSSR count). The molecule has 0 bridgehead atoms. The van der Waals surface area contributed by atoms with Crippen molar-refractivity contribution in [3.8, 4) is 0 Å². The van der Waals surface area contributed by atoms with Crippen molar-refractivity contribution in [1.29, 1.82) is 0 Å². The Kier molecular flexibility index (Phi) is 4.90. The molecule has 0 fully saturated rings. The van der Waals surface area contributed by atoms with E-state index in [0.29, 0.717) is 17.0 Å². The highest BCUT2D eigenvalue weighted by Crippen LogP contribution is 2.20. The van der Waals surface area contributed by atoms with E-state index in [2.05, 4.69) is 0 Å². The highest BCUT2D eigenvalue weighted by molar-refractivity contribution is 6.31. The summed E-state index contributed by atoms with van der Waals surface area (Å²) in [5, 5.41) is 0.315. The van der Waals surface area contributed by atoms with Gasteiger partial charge in [0.25, 0.3) is 0 Å². The number of carbonyl (C=O) groups excluding carboxylic acids is 1. The van der Waals surface area contributed by atoms with Gasteiger partial charge in [-0.15, -0.1) is 0 Å². The fourth-order valence-electron chi connectivity index (χ4n) is 1.46. The third-order valence-electron chi connectivity index (χ3n) is 2.59. The first-order chi connectivity index (χ1) is 7.97. The maximum absolute atomic E-state index is 13.5. The Labute approximate surface area is 105 Å². The first-order valence-electron chi connectivity index (χ1n) is 5.40. The van der Waals surface area contributed by atoms with E-state index in [4.69, 9.17) is 17.3 Å². The van der Waals surface area contributed by atoms with Gasteiger partial charge in [0.15, 0.2) is 0 Å². The zero-order valence-electron chi connectivity index (χ0n) is 9.91. The van der Waals surface area contributed by atoms with Gasteiger partial charge in [-0.25, -0.2) is 4.39 Å². The Bertz CT molecular complexity index is 391. The van der Waals surface area contributed by atoms with Crippen LogP contribution in [0.15, 0.2) is 18.2 Å². The molecule has 3 nitrogen and oxygen atoms in total. The van der Waals surface area contributed by atoms with Gasteiger partial charge in [-0.1, -0.05) is 24.6 Å². The Hall–Kier alpha value is -1.13. The van der Waals surface area contributed by atoms with E-state index in [9.17, 15) is 9.18 Å². The second-order valence-electron chi connectivity index (χ2n) is 3.91. The van der Waals surface area contributed by atoms with Gasteiger partial charge in [-0.05, 0) is 18.6 Å². The van der Waals surface area contributed by atoms with Crippen molar-refractivity contribution in [3.63, 3.8) is 0 Å². The molecule has 0 heterocycles. The van der Waals surface area contributed by atoms with Crippen molar-refractivity contribution in [1.82, 2.24) is 4.90 Å². The summed E-state index contributed by atoms with van der Waals surface area (Å²) in [5.41, 5.74) is 5.94. The zero-order chi connectivity index (χ0) is 13.0. The maximum atomic E-state index is 13.5. The number of nitrogens with zero attached hydrogens (tertiary/aromatic N) is 1. The molecule has 0 radical (unpaired) electrons. The number of likely N-dealkylation sites (N-methyl/N-ethyl adjacent to an activating group) is 1. The highest BCUT2D eigenvalue weighted by Gasteiger charge is 2.18. The van der Waals surface area contributed by atoms with E-state index in [1.807, 2.05) is 6.92 Å². The van der Waals surface area contributed by atoms with Crippen LogP contribution in [0.3, 0.4) is 0 Å². The number of benzene rings is 1. The Morgan fingerprint density at radius 1 is 1.59 bits per heavy atom. The summed E-state index contributed by atoms with van der Waals surface area (Å²) in [7, 11) is 1.58. The molecule has 1 amide bonds.